The minimum absolute atomic E-state index is 0.00102. The number of benzene rings is 2. The van der Waals surface area contributed by atoms with Gasteiger partial charge in [-0.15, -0.1) is 0 Å². The topological polar surface area (TPSA) is 41.1 Å². The summed E-state index contributed by atoms with van der Waals surface area (Å²) >= 11 is 0. The average Bonchev–Trinajstić information content (AvgIpc) is 2.56. The summed E-state index contributed by atoms with van der Waals surface area (Å²) in [5.41, 5.74) is 1.23. The Morgan fingerprint density at radius 2 is 1.83 bits per heavy atom. The standard InChI is InChI=1S/C19H20F2N2O/c20-15-7-8-16(21)17(11-15)22-12-18(24)23-13-19(9-4-10-19)14-5-2-1-3-6-14/h1-3,5-8,11,22H,4,9-10,12-13H2,(H,23,24). The molecule has 1 saturated carbocycles. The van der Waals surface area contributed by atoms with E-state index < -0.39 is 11.6 Å². The van der Waals surface area contributed by atoms with Gasteiger partial charge in [-0.05, 0) is 36.6 Å². The number of carbonyl (C=O) groups is 1. The second-order valence-electron chi connectivity index (χ2n) is 6.25. The largest absolute Gasteiger partial charge is 0.374 e. The maximum Gasteiger partial charge on any atom is 0.239 e. The van der Waals surface area contributed by atoms with E-state index >= 15 is 0 Å². The minimum atomic E-state index is -0.580. The van der Waals surface area contributed by atoms with Crippen LogP contribution in [0.15, 0.2) is 48.5 Å². The number of hydrogen-bond donors (Lipinski definition) is 2. The highest BCUT2D eigenvalue weighted by Gasteiger charge is 2.38. The van der Waals surface area contributed by atoms with Crippen LogP contribution in [0.3, 0.4) is 0 Å². The van der Waals surface area contributed by atoms with Crippen molar-refractivity contribution in [2.45, 2.75) is 24.7 Å². The number of amides is 1. The molecule has 0 saturated heterocycles. The second kappa shape index (κ2) is 6.99. The van der Waals surface area contributed by atoms with Crippen molar-refractivity contribution < 1.29 is 13.6 Å². The Kier molecular flexibility index (Phi) is 4.79. The number of hydrogen-bond acceptors (Lipinski definition) is 2. The van der Waals surface area contributed by atoms with Crippen LogP contribution in [-0.2, 0) is 10.2 Å². The SMILES string of the molecule is O=C(CNc1cc(F)ccc1F)NCC1(c2ccccc2)CCC1. The molecule has 1 aliphatic rings. The van der Waals surface area contributed by atoms with Crippen molar-refractivity contribution >= 4 is 11.6 Å². The van der Waals surface area contributed by atoms with Gasteiger partial charge in [0.1, 0.15) is 11.6 Å². The first-order valence-electron chi connectivity index (χ1n) is 8.10. The summed E-state index contributed by atoms with van der Waals surface area (Å²) in [6.45, 7) is 0.467. The van der Waals surface area contributed by atoms with Gasteiger partial charge in [0.05, 0.1) is 12.2 Å². The molecule has 0 heterocycles. The van der Waals surface area contributed by atoms with Gasteiger partial charge < -0.3 is 10.6 Å². The quantitative estimate of drug-likeness (QED) is 0.849. The Hall–Kier alpha value is -2.43. The van der Waals surface area contributed by atoms with Crippen LogP contribution >= 0.6 is 0 Å². The molecule has 0 unspecified atom stereocenters. The van der Waals surface area contributed by atoms with Crippen LogP contribution < -0.4 is 10.6 Å². The third kappa shape index (κ3) is 3.55. The lowest BCUT2D eigenvalue weighted by Gasteiger charge is -2.42. The molecule has 24 heavy (non-hydrogen) atoms. The van der Waals surface area contributed by atoms with Crippen molar-refractivity contribution in [1.29, 1.82) is 0 Å². The summed E-state index contributed by atoms with van der Waals surface area (Å²) in [4.78, 5) is 12.0. The lowest BCUT2D eigenvalue weighted by atomic mass is 9.64. The Morgan fingerprint density at radius 3 is 2.50 bits per heavy atom. The zero-order chi connectivity index (χ0) is 17.0. The third-order valence-electron chi connectivity index (χ3n) is 4.69. The maximum absolute atomic E-state index is 13.5. The monoisotopic (exact) mass is 330 g/mol. The van der Waals surface area contributed by atoms with E-state index in [4.69, 9.17) is 0 Å². The lowest BCUT2D eigenvalue weighted by Crippen LogP contribution is -2.46. The number of rotatable bonds is 6. The van der Waals surface area contributed by atoms with E-state index in [9.17, 15) is 13.6 Å². The molecule has 3 rings (SSSR count). The molecule has 5 heteroatoms. The number of anilines is 1. The number of carbonyl (C=O) groups excluding carboxylic acids is 1. The van der Waals surface area contributed by atoms with Crippen LogP contribution in [0.5, 0.6) is 0 Å². The highest BCUT2D eigenvalue weighted by molar-refractivity contribution is 5.80. The Balaban J connectivity index is 1.55. The van der Waals surface area contributed by atoms with E-state index in [1.54, 1.807) is 0 Å². The number of nitrogens with one attached hydrogen (secondary N) is 2. The zero-order valence-corrected chi connectivity index (χ0v) is 13.3. The molecule has 0 aliphatic heterocycles. The molecule has 126 valence electrons. The average molecular weight is 330 g/mol. The fourth-order valence-electron chi connectivity index (χ4n) is 3.10. The van der Waals surface area contributed by atoms with Crippen molar-refractivity contribution in [3.8, 4) is 0 Å². The molecule has 1 fully saturated rings. The lowest BCUT2D eigenvalue weighted by molar-refractivity contribution is -0.119. The van der Waals surface area contributed by atoms with Crippen LogP contribution in [0.4, 0.5) is 14.5 Å². The molecule has 2 aromatic carbocycles. The summed E-state index contributed by atoms with van der Waals surface area (Å²) in [6, 6.07) is 13.3. The Bertz CT molecular complexity index is 715. The van der Waals surface area contributed by atoms with Crippen molar-refractivity contribution in [3.05, 3.63) is 65.7 Å². The van der Waals surface area contributed by atoms with Gasteiger partial charge in [0, 0.05) is 12.0 Å². The molecule has 0 radical (unpaired) electrons. The molecule has 2 aromatic rings. The summed E-state index contributed by atoms with van der Waals surface area (Å²) in [6.07, 6.45) is 3.24. The van der Waals surface area contributed by atoms with Crippen LogP contribution in [0.2, 0.25) is 0 Å². The predicted molar refractivity (Wildman–Crippen MR) is 89.8 cm³/mol. The van der Waals surface area contributed by atoms with E-state index in [1.165, 1.54) is 5.56 Å². The van der Waals surface area contributed by atoms with Crippen molar-refractivity contribution in [2.24, 2.45) is 0 Å². The fraction of sp³-hybridized carbons (Fsp3) is 0.316. The molecule has 0 bridgehead atoms. The molecule has 0 atom stereocenters. The van der Waals surface area contributed by atoms with Crippen LogP contribution in [0, 0.1) is 11.6 Å². The Labute approximate surface area is 140 Å². The van der Waals surface area contributed by atoms with E-state index in [2.05, 4.69) is 22.8 Å². The highest BCUT2D eigenvalue weighted by Crippen LogP contribution is 2.43. The molecule has 0 spiro atoms. The van der Waals surface area contributed by atoms with E-state index in [0.29, 0.717) is 6.54 Å². The van der Waals surface area contributed by atoms with Crippen LogP contribution in [-0.4, -0.2) is 19.0 Å². The third-order valence-corrected chi connectivity index (χ3v) is 4.69. The van der Waals surface area contributed by atoms with Gasteiger partial charge in [-0.2, -0.15) is 0 Å². The summed E-state index contributed by atoms with van der Waals surface area (Å²) < 4.78 is 26.6. The van der Waals surface area contributed by atoms with Gasteiger partial charge in [-0.25, -0.2) is 8.78 Å². The molecule has 2 N–H and O–H groups in total. The number of halogens is 2. The van der Waals surface area contributed by atoms with Gasteiger partial charge in [0.15, 0.2) is 0 Å². The zero-order valence-electron chi connectivity index (χ0n) is 13.3. The van der Waals surface area contributed by atoms with Gasteiger partial charge in [0.25, 0.3) is 0 Å². The predicted octanol–water partition coefficient (Wildman–Crippen LogP) is 3.61. The fourth-order valence-corrected chi connectivity index (χ4v) is 3.10. The van der Waals surface area contributed by atoms with E-state index in [1.807, 2.05) is 18.2 Å². The molecule has 3 nitrogen and oxygen atoms in total. The maximum atomic E-state index is 13.5. The van der Waals surface area contributed by atoms with Gasteiger partial charge in [-0.1, -0.05) is 36.8 Å². The van der Waals surface area contributed by atoms with Gasteiger partial charge >= 0.3 is 0 Å². The second-order valence-corrected chi connectivity index (χ2v) is 6.25. The van der Waals surface area contributed by atoms with Gasteiger partial charge in [-0.3, -0.25) is 4.79 Å². The normalized spacial score (nSPS) is 15.4. The molecule has 1 amide bonds. The van der Waals surface area contributed by atoms with E-state index in [-0.39, 0.29) is 23.6 Å². The molecule has 0 aromatic heterocycles. The van der Waals surface area contributed by atoms with Crippen LogP contribution in [0.25, 0.3) is 0 Å². The first-order valence-corrected chi connectivity index (χ1v) is 8.10. The molecular weight excluding hydrogens is 310 g/mol. The molecule has 1 aliphatic carbocycles. The summed E-state index contributed by atoms with van der Waals surface area (Å²) in [5.74, 6) is -1.36. The first kappa shape index (κ1) is 16.4. The van der Waals surface area contributed by atoms with E-state index in [0.717, 1.165) is 37.5 Å². The first-order chi connectivity index (χ1) is 11.6. The highest BCUT2D eigenvalue weighted by atomic mass is 19.1. The van der Waals surface area contributed by atoms with Crippen LogP contribution in [0.1, 0.15) is 24.8 Å². The molecular formula is C19H20F2N2O. The van der Waals surface area contributed by atoms with Gasteiger partial charge in [0.2, 0.25) is 5.91 Å². The van der Waals surface area contributed by atoms with Crippen molar-refractivity contribution in [1.82, 2.24) is 5.32 Å². The Morgan fingerprint density at radius 1 is 1.08 bits per heavy atom. The summed E-state index contributed by atoms with van der Waals surface area (Å²) in [7, 11) is 0. The van der Waals surface area contributed by atoms with Crippen molar-refractivity contribution in [3.63, 3.8) is 0 Å². The summed E-state index contributed by atoms with van der Waals surface area (Å²) in [5, 5.41) is 5.55. The van der Waals surface area contributed by atoms with Crippen molar-refractivity contribution in [2.75, 3.05) is 18.4 Å². The smallest absolute Gasteiger partial charge is 0.239 e. The minimum Gasteiger partial charge on any atom is -0.374 e.